The van der Waals surface area contributed by atoms with Gasteiger partial charge in [0.25, 0.3) is 5.91 Å². The fourth-order valence-electron chi connectivity index (χ4n) is 2.08. The van der Waals surface area contributed by atoms with Crippen LogP contribution in [-0.4, -0.2) is 57.5 Å². The quantitative estimate of drug-likeness (QED) is 0.591. The summed E-state index contributed by atoms with van der Waals surface area (Å²) in [5, 5.41) is 8.75. The normalized spacial score (nSPS) is 11.1. The molecule has 0 saturated carbocycles. The van der Waals surface area contributed by atoms with Crippen LogP contribution in [0, 0.1) is 5.92 Å². The maximum Gasteiger partial charge on any atom is 0.251 e. The van der Waals surface area contributed by atoms with E-state index in [1.165, 1.54) is 0 Å². The Bertz CT molecular complexity index is 527. The number of rotatable bonds is 9. The van der Waals surface area contributed by atoms with Gasteiger partial charge in [0.05, 0.1) is 0 Å². The summed E-state index contributed by atoms with van der Waals surface area (Å²) in [6.07, 6.45) is 0. The van der Waals surface area contributed by atoms with Crippen LogP contribution in [0.2, 0.25) is 0 Å². The third-order valence-electron chi connectivity index (χ3n) is 3.46. The second-order valence-electron chi connectivity index (χ2n) is 5.94. The van der Waals surface area contributed by atoms with Crippen molar-refractivity contribution in [2.45, 2.75) is 13.5 Å². The molecule has 144 valence electrons. The molecule has 25 heavy (non-hydrogen) atoms. The van der Waals surface area contributed by atoms with Crippen molar-refractivity contribution in [3.63, 3.8) is 0 Å². The Hall–Kier alpha value is -1.34. The number of likely N-dealkylation sites (N-methyl/N-ethyl adjacent to an activating group) is 1. The van der Waals surface area contributed by atoms with Gasteiger partial charge in [0.2, 0.25) is 5.91 Å². The van der Waals surface area contributed by atoms with Gasteiger partial charge in [-0.2, -0.15) is 0 Å². The molecule has 1 aromatic carbocycles. The van der Waals surface area contributed by atoms with Crippen molar-refractivity contribution >= 4 is 36.6 Å². The van der Waals surface area contributed by atoms with Gasteiger partial charge in [-0.25, -0.2) is 0 Å². The topological polar surface area (TPSA) is 73.5 Å². The molecule has 0 radical (unpaired) electrons. The first-order valence-corrected chi connectivity index (χ1v) is 7.88. The molecular formula is C17H30Cl2N4O2. The lowest BCUT2D eigenvalue weighted by Crippen LogP contribution is -2.34. The fraction of sp³-hybridized carbons (Fsp3) is 0.529. The van der Waals surface area contributed by atoms with E-state index in [1.807, 2.05) is 51.2 Å². The second-order valence-corrected chi connectivity index (χ2v) is 5.94. The molecule has 3 N–H and O–H groups in total. The SMILES string of the molecule is CNCC(C)C(=O)NCc1cccc(C(=O)NCCN(C)C)c1.Cl.Cl. The number of nitrogens with one attached hydrogen (secondary N) is 3. The van der Waals surface area contributed by atoms with E-state index in [9.17, 15) is 9.59 Å². The predicted molar refractivity (Wildman–Crippen MR) is 107 cm³/mol. The van der Waals surface area contributed by atoms with E-state index in [1.54, 1.807) is 6.07 Å². The molecule has 6 nitrogen and oxygen atoms in total. The Kier molecular flexibility index (Phi) is 14.4. The van der Waals surface area contributed by atoms with E-state index >= 15 is 0 Å². The zero-order valence-corrected chi connectivity index (χ0v) is 16.9. The Labute approximate surface area is 162 Å². The lowest BCUT2D eigenvalue weighted by atomic mass is 10.1. The van der Waals surface area contributed by atoms with Gasteiger partial charge in [-0.3, -0.25) is 9.59 Å². The minimum atomic E-state index is -0.0939. The standard InChI is InChI=1S/C17H28N4O2.2ClH/c1-13(11-18-2)16(22)20-12-14-6-5-7-15(10-14)17(23)19-8-9-21(3)4;;/h5-7,10,13,18H,8-9,11-12H2,1-4H3,(H,19,23)(H,20,22);2*1H. The van der Waals surface area contributed by atoms with Gasteiger partial charge in [-0.1, -0.05) is 19.1 Å². The van der Waals surface area contributed by atoms with Crippen LogP contribution in [0.1, 0.15) is 22.8 Å². The molecule has 0 aliphatic carbocycles. The molecule has 0 spiro atoms. The Morgan fingerprint density at radius 1 is 1.16 bits per heavy atom. The number of halogens is 2. The van der Waals surface area contributed by atoms with E-state index in [0.717, 1.165) is 12.1 Å². The molecule has 8 heteroatoms. The first kappa shape index (κ1) is 25.9. The predicted octanol–water partition coefficient (Wildman–Crippen LogP) is 1.29. The lowest BCUT2D eigenvalue weighted by molar-refractivity contribution is -0.124. The summed E-state index contributed by atoms with van der Waals surface area (Å²) in [5.41, 5.74) is 1.52. The summed E-state index contributed by atoms with van der Waals surface area (Å²) in [6.45, 7) is 4.34. The molecule has 2 amide bonds. The van der Waals surface area contributed by atoms with Gasteiger partial charge in [0.1, 0.15) is 0 Å². The van der Waals surface area contributed by atoms with Crippen LogP contribution >= 0.6 is 24.8 Å². The van der Waals surface area contributed by atoms with Crippen LogP contribution in [0.15, 0.2) is 24.3 Å². The van der Waals surface area contributed by atoms with Gasteiger partial charge in [0.15, 0.2) is 0 Å². The highest BCUT2D eigenvalue weighted by Gasteiger charge is 2.11. The molecule has 1 unspecified atom stereocenters. The van der Waals surface area contributed by atoms with Crippen molar-refractivity contribution in [3.8, 4) is 0 Å². The van der Waals surface area contributed by atoms with Crippen molar-refractivity contribution in [1.29, 1.82) is 0 Å². The largest absolute Gasteiger partial charge is 0.352 e. The molecule has 0 aliphatic heterocycles. The van der Waals surface area contributed by atoms with Crippen molar-refractivity contribution in [2.24, 2.45) is 5.92 Å². The first-order valence-electron chi connectivity index (χ1n) is 7.88. The summed E-state index contributed by atoms with van der Waals surface area (Å²) in [7, 11) is 5.75. The summed E-state index contributed by atoms with van der Waals surface area (Å²) in [4.78, 5) is 26.0. The minimum Gasteiger partial charge on any atom is -0.352 e. The average Bonchev–Trinajstić information content (AvgIpc) is 2.52. The highest BCUT2D eigenvalue weighted by molar-refractivity contribution is 5.94. The van der Waals surface area contributed by atoms with E-state index in [-0.39, 0.29) is 42.5 Å². The molecule has 0 saturated heterocycles. The number of amides is 2. The molecule has 0 aromatic heterocycles. The van der Waals surface area contributed by atoms with E-state index in [0.29, 0.717) is 25.2 Å². The van der Waals surface area contributed by atoms with Crippen molar-refractivity contribution in [3.05, 3.63) is 35.4 Å². The maximum absolute atomic E-state index is 12.1. The van der Waals surface area contributed by atoms with Crippen LogP contribution in [0.5, 0.6) is 0 Å². The number of carbonyl (C=O) groups excluding carboxylic acids is 2. The number of nitrogens with zero attached hydrogens (tertiary/aromatic N) is 1. The van der Waals surface area contributed by atoms with Crippen LogP contribution in [0.25, 0.3) is 0 Å². The maximum atomic E-state index is 12.1. The van der Waals surface area contributed by atoms with Crippen LogP contribution in [0.3, 0.4) is 0 Å². The van der Waals surface area contributed by atoms with Crippen LogP contribution in [-0.2, 0) is 11.3 Å². The molecule has 0 bridgehead atoms. The fourth-order valence-corrected chi connectivity index (χ4v) is 2.08. The van der Waals surface area contributed by atoms with E-state index in [4.69, 9.17) is 0 Å². The lowest BCUT2D eigenvalue weighted by Gasteiger charge is -2.13. The van der Waals surface area contributed by atoms with Gasteiger partial charge in [0, 0.05) is 37.7 Å². The summed E-state index contributed by atoms with van der Waals surface area (Å²) in [6, 6.07) is 7.33. The monoisotopic (exact) mass is 392 g/mol. The number of benzene rings is 1. The Morgan fingerprint density at radius 3 is 2.44 bits per heavy atom. The number of hydrogen-bond donors (Lipinski definition) is 3. The van der Waals surface area contributed by atoms with Gasteiger partial charge in [-0.05, 0) is 38.8 Å². The summed E-state index contributed by atoms with van der Waals surface area (Å²) in [5.74, 6) is -0.179. The second kappa shape index (κ2) is 13.9. The van der Waals surface area contributed by atoms with Crippen molar-refractivity contribution < 1.29 is 9.59 Å². The van der Waals surface area contributed by atoms with Gasteiger partial charge in [-0.15, -0.1) is 24.8 Å². The molecular weight excluding hydrogens is 363 g/mol. The van der Waals surface area contributed by atoms with Crippen molar-refractivity contribution in [1.82, 2.24) is 20.9 Å². The molecule has 0 heterocycles. The number of carbonyl (C=O) groups is 2. The van der Waals surface area contributed by atoms with Crippen LogP contribution in [0.4, 0.5) is 0 Å². The van der Waals surface area contributed by atoms with E-state index < -0.39 is 0 Å². The Morgan fingerprint density at radius 2 is 1.84 bits per heavy atom. The molecule has 1 aromatic rings. The highest BCUT2D eigenvalue weighted by Crippen LogP contribution is 2.06. The summed E-state index contributed by atoms with van der Waals surface area (Å²) >= 11 is 0. The van der Waals surface area contributed by atoms with Gasteiger partial charge >= 0.3 is 0 Å². The molecule has 1 atom stereocenters. The molecule has 0 fully saturated rings. The third kappa shape index (κ3) is 10.3. The zero-order valence-electron chi connectivity index (χ0n) is 15.3. The van der Waals surface area contributed by atoms with E-state index in [2.05, 4.69) is 16.0 Å². The van der Waals surface area contributed by atoms with Crippen LogP contribution < -0.4 is 16.0 Å². The summed E-state index contributed by atoms with van der Waals surface area (Å²) < 4.78 is 0. The van der Waals surface area contributed by atoms with Crippen molar-refractivity contribution in [2.75, 3.05) is 40.8 Å². The highest BCUT2D eigenvalue weighted by atomic mass is 35.5. The minimum absolute atomic E-state index is 0. The molecule has 1 rings (SSSR count). The number of hydrogen-bond acceptors (Lipinski definition) is 4. The average molecular weight is 393 g/mol. The van der Waals surface area contributed by atoms with Gasteiger partial charge < -0.3 is 20.9 Å². The smallest absolute Gasteiger partial charge is 0.251 e. The first-order chi connectivity index (χ1) is 10.9. The zero-order chi connectivity index (χ0) is 17.2. The Balaban J connectivity index is 0. The molecule has 0 aliphatic rings. The third-order valence-corrected chi connectivity index (χ3v) is 3.46.